The van der Waals surface area contributed by atoms with Crippen molar-refractivity contribution in [3.8, 4) is 0 Å². The molecule has 1 amide bonds. The molecule has 2 aromatic carbocycles. The number of pyridine rings is 1. The van der Waals surface area contributed by atoms with Gasteiger partial charge in [0.25, 0.3) is 0 Å². The van der Waals surface area contributed by atoms with Crippen LogP contribution in [0.2, 0.25) is 0 Å². The summed E-state index contributed by atoms with van der Waals surface area (Å²) in [5, 5.41) is 4.08. The zero-order valence-electron chi connectivity index (χ0n) is 12.1. The monoisotopic (exact) mass is 288 g/mol. The van der Waals surface area contributed by atoms with E-state index in [0.717, 1.165) is 23.0 Å². The van der Waals surface area contributed by atoms with E-state index in [1.807, 2.05) is 48.5 Å². The van der Waals surface area contributed by atoms with Crippen LogP contribution in [0.4, 0.5) is 5.69 Å². The highest BCUT2D eigenvalue weighted by atomic mass is 16.2. The van der Waals surface area contributed by atoms with Gasteiger partial charge in [-0.2, -0.15) is 0 Å². The molecule has 4 rings (SSSR count). The van der Waals surface area contributed by atoms with E-state index in [1.54, 1.807) is 6.20 Å². The minimum Gasteiger partial charge on any atom is -0.324 e. The lowest BCUT2D eigenvalue weighted by atomic mass is 10.1. The number of anilines is 1. The van der Waals surface area contributed by atoms with Gasteiger partial charge < -0.3 is 5.32 Å². The summed E-state index contributed by atoms with van der Waals surface area (Å²) >= 11 is 0. The number of para-hydroxylation sites is 1. The van der Waals surface area contributed by atoms with Crippen molar-refractivity contribution in [2.24, 2.45) is 5.92 Å². The molecule has 1 saturated carbocycles. The predicted octanol–water partition coefficient (Wildman–Crippen LogP) is 3.98. The van der Waals surface area contributed by atoms with Crippen molar-refractivity contribution in [1.29, 1.82) is 0 Å². The topological polar surface area (TPSA) is 42.0 Å². The van der Waals surface area contributed by atoms with Crippen LogP contribution in [-0.4, -0.2) is 10.9 Å². The Morgan fingerprint density at radius 1 is 1.00 bits per heavy atom. The maximum Gasteiger partial charge on any atom is 0.228 e. The van der Waals surface area contributed by atoms with Crippen LogP contribution < -0.4 is 5.32 Å². The summed E-state index contributed by atoms with van der Waals surface area (Å²) in [6.07, 6.45) is 2.68. The fourth-order valence-electron chi connectivity index (χ4n) is 2.98. The number of hydrogen-bond donors (Lipinski definition) is 1. The van der Waals surface area contributed by atoms with Crippen LogP contribution in [0.15, 0.2) is 66.9 Å². The Balaban J connectivity index is 1.53. The van der Waals surface area contributed by atoms with Gasteiger partial charge >= 0.3 is 0 Å². The summed E-state index contributed by atoms with van der Waals surface area (Å²) in [4.78, 5) is 16.8. The lowest BCUT2D eigenvalue weighted by Gasteiger charge is -2.08. The van der Waals surface area contributed by atoms with Crippen LogP contribution in [0.1, 0.15) is 17.9 Å². The lowest BCUT2D eigenvalue weighted by Crippen LogP contribution is -2.15. The van der Waals surface area contributed by atoms with Gasteiger partial charge in [-0.1, -0.05) is 48.5 Å². The zero-order chi connectivity index (χ0) is 14.9. The molecule has 3 nitrogen and oxygen atoms in total. The van der Waals surface area contributed by atoms with Crippen molar-refractivity contribution in [1.82, 2.24) is 4.98 Å². The van der Waals surface area contributed by atoms with Gasteiger partial charge in [0.2, 0.25) is 5.91 Å². The quantitative estimate of drug-likeness (QED) is 0.792. The Morgan fingerprint density at radius 3 is 2.68 bits per heavy atom. The highest BCUT2D eigenvalue weighted by molar-refractivity contribution is 6.02. The van der Waals surface area contributed by atoms with E-state index in [1.165, 1.54) is 5.56 Å². The average Bonchev–Trinajstić information content (AvgIpc) is 3.37. The van der Waals surface area contributed by atoms with Crippen LogP contribution in [0.5, 0.6) is 0 Å². The first-order valence-corrected chi connectivity index (χ1v) is 7.52. The van der Waals surface area contributed by atoms with Gasteiger partial charge in [-0.15, -0.1) is 0 Å². The standard InChI is InChI=1S/C19H16N2O/c22-19(16-12-15(16)13-6-2-1-3-7-13)21-17-10-4-8-14-9-5-11-20-18(14)17/h1-11,15-16H,12H2,(H,21,22)/t15-,16+/m1/s1. The average molecular weight is 288 g/mol. The summed E-state index contributed by atoms with van der Waals surface area (Å²) in [5.41, 5.74) is 2.88. The number of carbonyl (C=O) groups excluding carboxylic acids is 1. The van der Waals surface area contributed by atoms with Gasteiger partial charge in [0.05, 0.1) is 11.2 Å². The molecule has 0 saturated heterocycles. The molecule has 0 spiro atoms. The van der Waals surface area contributed by atoms with Crippen LogP contribution >= 0.6 is 0 Å². The van der Waals surface area contributed by atoms with Crippen LogP contribution in [0, 0.1) is 5.92 Å². The summed E-state index contributed by atoms with van der Waals surface area (Å²) < 4.78 is 0. The van der Waals surface area contributed by atoms with Crippen LogP contribution in [-0.2, 0) is 4.79 Å². The minimum atomic E-state index is 0.0707. The molecule has 0 bridgehead atoms. The van der Waals surface area contributed by atoms with Crippen molar-refractivity contribution in [2.75, 3.05) is 5.32 Å². The predicted molar refractivity (Wildman–Crippen MR) is 87.7 cm³/mol. The molecule has 1 N–H and O–H groups in total. The highest BCUT2D eigenvalue weighted by Crippen LogP contribution is 2.48. The Labute approximate surface area is 129 Å². The van der Waals surface area contributed by atoms with Crippen molar-refractivity contribution in [2.45, 2.75) is 12.3 Å². The second kappa shape index (κ2) is 5.26. The van der Waals surface area contributed by atoms with E-state index in [-0.39, 0.29) is 11.8 Å². The zero-order valence-corrected chi connectivity index (χ0v) is 12.1. The smallest absolute Gasteiger partial charge is 0.228 e. The number of amides is 1. The van der Waals surface area contributed by atoms with E-state index < -0.39 is 0 Å². The molecule has 3 heteroatoms. The molecular formula is C19H16N2O. The second-order valence-electron chi connectivity index (χ2n) is 5.73. The molecule has 22 heavy (non-hydrogen) atoms. The second-order valence-corrected chi connectivity index (χ2v) is 5.73. The first-order valence-electron chi connectivity index (χ1n) is 7.52. The molecule has 1 heterocycles. The maximum atomic E-state index is 12.5. The molecule has 3 aromatic rings. The Bertz CT molecular complexity index is 824. The molecule has 1 fully saturated rings. The lowest BCUT2D eigenvalue weighted by molar-refractivity contribution is -0.117. The number of aromatic nitrogens is 1. The van der Waals surface area contributed by atoms with Gasteiger partial charge in [-0.25, -0.2) is 0 Å². The summed E-state index contributed by atoms with van der Waals surface area (Å²) in [7, 11) is 0. The van der Waals surface area contributed by atoms with E-state index in [0.29, 0.717) is 5.92 Å². The Morgan fingerprint density at radius 2 is 1.82 bits per heavy atom. The molecule has 0 unspecified atom stereocenters. The van der Waals surface area contributed by atoms with Crippen molar-refractivity contribution < 1.29 is 4.79 Å². The summed E-state index contributed by atoms with van der Waals surface area (Å²) in [6.45, 7) is 0. The van der Waals surface area contributed by atoms with Gasteiger partial charge in [0, 0.05) is 17.5 Å². The fraction of sp³-hybridized carbons (Fsp3) is 0.158. The number of nitrogens with zero attached hydrogens (tertiary/aromatic N) is 1. The molecular weight excluding hydrogens is 272 g/mol. The molecule has 108 valence electrons. The number of carbonyl (C=O) groups is 1. The Hall–Kier alpha value is -2.68. The molecule has 0 radical (unpaired) electrons. The highest BCUT2D eigenvalue weighted by Gasteiger charge is 2.43. The molecule has 1 aliphatic rings. The van der Waals surface area contributed by atoms with Crippen LogP contribution in [0.3, 0.4) is 0 Å². The van der Waals surface area contributed by atoms with E-state index >= 15 is 0 Å². The third kappa shape index (κ3) is 2.35. The van der Waals surface area contributed by atoms with Crippen LogP contribution in [0.25, 0.3) is 10.9 Å². The van der Waals surface area contributed by atoms with Gasteiger partial charge in [0.1, 0.15) is 0 Å². The van der Waals surface area contributed by atoms with E-state index in [2.05, 4.69) is 22.4 Å². The first kappa shape index (κ1) is 13.0. The first-order chi connectivity index (χ1) is 10.8. The molecule has 1 aliphatic carbocycles. The Kier molecular flexibility index (Phi) is 3.11. The van der Waals surface area contributed by atoms with E-state index in [4.69, 9.17) is 0 Å². The number of nitrogens with one attached hydrogen (secondary N) is 1. The van der Waals surface area contributed by atoms with Crippen molar-refractivity contribution in [3.63, 3.8) is 0 Å². The summed E-state index contributed by atoms with van der Waals surface area (Å²) in [5.74, 6) is 0.512. The van der Waals surface area contributed by atoms with E-state index in [9.17, 15) is 4.79 Å². The normalized spacial score (nSPS) is 19.8. The van der Waals surface area contributed by atoms with Gasteiger partial charge in [0.15, 0.2) is 0 Å². The number of benzene rings is 2. The third-order valence-corrected chi connectivity index (χ3v) is 4.25. The molecule has 0 aliphatic heterocycles. The third-order valence-electron chi connectivity index (χ3n) is 4.25. The molecule has 2 atom stereocenters. The summed E-state index contributed by atoms with van der Waals surface area (Å²) in [6, 6.07) is 20.0. The SMILES string of the molecule is O=C(Nc1cccc2cccnc12)[C@H]1C[C@@H]1c1ccccc1. The largest absolute Gasteiger partial charge is 0.324 e. The van der Waals surface area contributed by atoms with Crippen molar-refractivity contribution >= 4 is 22.5 Å². The van der Waals surface area contributed by atoms with Gasteiger partial charge in [-0.3, -0.25) is 9.78 Å². The number of hydrogen-bond acceptors (Lipinski definition) is 2. The maximum absolute atomic E-state index is 12.5. The minimum absolute atomic E-state index is 0.0707. The number of fused-ring (bicyclic) bond motifs is 1. The van der Waals surface area contributed by atoms with Crippen molar-refractivity contribution in [3.05, 3.63) is 72.4 Å². The fourth-order valence-corrected chi connectivity index (χ4v) is 2.98. The van der Waals surface area contributed by atoms with Gasteiger partial charge in [-0.05, 0) is 30.0 Å². The number of rotatable bonds is 3. The molecule has 1 aromatic heterocycles.